The fraction of sp³-hybridized carbons (Fsp3) is 0.562. The lowest BCUT2D eigenvalue weighted by atomic mass is 9.98. The number of nitrogens with two attached hydrogens (primary N) is 1. The first-order valence-corrected chi connectivity index (χ1v) is 7.09. The van der Waals surface area contributed by atoms with Crippen LogP contribution in [0.2, 0.25) is 0 Å². The first-order chi connectivity index (χ1) is 8.74. The molecule has 0 spiro atoms. The molecule has 0 aliphatic rings. The average Bonchev–Trinajstić information content (AvgIpc) is 2.35. The van der Waals surface area contributed by atoms with Crippen molar-refractivity contribution in [2.45, 2.75) is 58.3 Å². The highest BCUT2D eigenvalue weighted by molar-refractivity contribution is 5.76. The number of primary amides is 1. The summed E-state index contributed by atoms with van der Waals surface area (Å²) in [5, 5.41) is 0. The van der Waals surface area contributed by atoms with Crippen molar-refractivity contribution < 1.29 is 4.79 Å². The summed E-state index contributed by atoms with van der Waals surface area (Å²) in [5.74, 6) is -0.245. The molecule has 1 amide bonds. The van der Waals surface area contributed by atoms with Gasteiger partial charge in [-0.25, -0.2) is 0 Å². The highest BCUT2D eigenvalue weighted by Gasteiger charge is 2.04. The van der Waals surface area contributed by atoms with Crippen LogP contribution < -0.4 is 5.73 Å². The molecular weight excluding hydrogens is 222 g/mol. The Morgan fingerprint density at radius 2 is 1.61 bits per heavy atom. The monoisotopic (exact) mass is 247 g/mol. The van der Waals surface area contributed by atoms with E-state index in [1.54, 1.807) is 0 Å². The Balaban J connectivity index is 2.34. The Bertz CT molecular complexity index is 360. The summed E-state index contributed by atoms with van der Waals surface area (Å²) in [4.78, 5) is 11.0. The zero-order valence-corrected chi connectivity index (χ0v) is 11.5. The molecular formula is C16H25NO. The van der Waals surface area contributed by atoms with Gasteiger partial charge in [-0.1, -0.05) is 63.3 Å². The third-order valence-corrected chi connectivity index (χ3v) is 3.28. The average molecular weight is 247 g/mol. The lowest BCUT2D eigenvalue weighted by Crippen LogP contribution is -2.14. The van der Waals surface area contributed by atoms with Crippen LogP contribution in [0.25, 0.3) is 0 Å². The topological polar surface area (TPSA) is 43.1 Å². The van der Waals surface area contributed by atoms with Gasteiger partial charge in [0.05, 0.1) is 6.42 Å². The third-order valence-electron chi connectivity index (χ3n) is 3.28. The highest BCUT2D eigenvalue weighted by Crippen LogP contribution is 2.14. The Morgan fingerprint density at radius 3 is 2.28 bits per heavy atom. The van der Waals surface area contributed by atoms with Crippen molar-refractivity contribution in [3.05, 3.63) is 35.4 Å². The van der Waals surface area contributed by atoms with Gasteiger partial charge in [0.1, 0.15) is 0 Å². The Labute approximate surface area is 111 Å². The summed E-state index contributed by atoms with van der Waals surface area (Å²) in [6.45, 7) is 2.24. The molecule has 1 aromatic rings. The fourth-order valence-electron chi connectivity index (χ4n) is 2.26. The van der Waals surface area contributed by atoms with E-state index in [0.29, 0.717) is 6.42 Å². The van der Waals surface area contributed by atoms with Crippen LogP contribution in [0.3, 0.4) is 0 Å². The zero-order chi connectivity index (χ0) is 13.2. The van der Waals surface area contributed by atoms with Crippen LogP contribution >= 0.6 is 0 Å². The van der Waals surface area contributed by atoms with Gasteiger partial charge < -0.3 is 5.73 Å². The predicted octanol–water partition coefficient (Wildman–Crippen LogP) is 3.62. The Kier molecular flexibility index (Phi) is 7.16. The molecule has 0 aliphatic heterocycles. The molecule has 0 atom stereocenters. The van der Waals surface area contributed by atoms with E-state index in [9.17, 15) is 4.79 Å². The number of hydrogen-bond acceptors (Lipinski definition) is 1. The number of rotatable bonds is 9. The summed E-state index contributed by atoms with van der Waals surface area (Å²) in [5.41, 5.74) is 7.64. The molecule has 0 bridgehead atoms. The van der Waals surface area contributed by atoms with E-state index in [1.807, 2.05) is 18.2 Å². The smallest absolute Gasteiger partial charge is 0.221 e. The van der Waals surface area contributed by atoms with Crippen LogP contribution in [-0.4, -0.2) is 5.91 Å². The maximum atomic E-state index is 11.0. The van der Waals surface area contributed by atoms with E-state index >= 15 is 0 Å². The van der Waals surface area contributed by atoms with Gasteiger partial charge in [-0.05, 0) is 24.0 Å². The van der Waals surface area contributed by atoms with Crippen molar-refractivity contribution in [3.8, 4) is 0 Å². The van der Waals surface area contributed by atoms with E-state index in [2.05, 4.69) is 13.0 Å². The summed E-state index contributed by atoms with van der Waals surface area (Å²) in [6, 6.07) is 8.14. The largest absolute Gasteiger partial charge is 0.369 e. The molecule has 1 aromatic carbocycles. The lowest BCUT2D eigenvalue weighted by molar-refractivity contribution is -0.117. The fourth-order valence-corrected chi connectivity index (χ4v) is 2.26. The number of aryl methyl sites for hydroxylation is 1. The van der Waals surface area contributed by atoms with E-state index in [-0.39, 0.29) is 5.91 Å². The van der Waals surface area contributed by atoms with Gasteiger partial charge >= 0.3 is 0 Å². The molecule has 0 saturated carbocycles. The normalized spacial score (nSPS) is 10.5. The van der Waals surface area contributed by atoms with Gasteiger partial charge in [-0.3, -0.25) is 4.79 Å². The second kappa shape index (κ2) is 8.73. The van der Waals surface area contributed by atoms with E-state index in [4.69, 9.17) is 5.73 Å². The van der Waals surface area contributed by atoms with Crippen LogP contribution in [0.5, 0.6) is 0 Å². The van der Waals surface area contributed by atoms with Gasteiger partial charge in [0.25, 0.3) is 0 Å². The second-order valence-corrected chi connectivity index (χ2v) is 4.93. The number of carbonyl (C=O) groups excluding carboxylic acids is 1. The highest BCUT2D eigenvalue weighted by atomic mass is 16.1. The zero-order valence-electron chi connectivity index (χ0n) is 11.5. The molecule has 0 radical (unpaired) electrons. The van der Waals surface area contributed by atoms with Gasteiger partial charge in [-0.15, -0.1) is 0 Å². The van der Waals surface area contributed by atoms with Crippen molar-refractivity contribution in [3.63, 3.8) is 0 Å². The molecule has 2 nitrogen and oxygen atoms in total. The molecule has 0 aliphatic carbocycles. The third kappa shape index (κ3) is 5.85. The molecule has 18 heavy (non-hydrogen) atoms. The minimum Gasteiger partial charge on any atom is -0.369 e. The van der Waals surface area contributed by atoms with Crippen molar-refractivity contribution in [2.24, 2.45) is 5.73 Å². The van der Waals surface area contributed by atoms with Crippen molar-refractivity contribution in [2.75, 3.05) is 0 Å². The minimum atomic E-state index is -0.245. The molecule has 2 heteroatoms. The second-order valence-electron chi connectivity index (χ2n) is 4.93. The quantitative estimate of drug-likeness (QED) is 0.665. The maximum Gasteiger partial charge on any atom is 0.221 e. The van der Waals surface area contributed by atoms with Crippen LogP contribution in [0.4, 0.5) is 0 Å². The molecule has 0 unspecified atom stereocenters. The Hall–Kier alpha value is -1.31. The SMILES string of the molecule is CCCCCCCCc1ccccc1CC(N)=O. The van der Waals surface area contributed by atoms with Crippen LogP contribution in [0, 0.1) is 0 Å². The number of hydrogen-bond donors (Lipinski definition) is 1. The number of carbonyl (C=O) groups is 1. The van der Waals surface area contributed by atoms with Crippen LogP contribution in [-0.2, 0) is 17.6 Å². The molecule has 0 fully saturated rings. The summed E-state index contributed by atoms with van der Waals surface area (Å²) in [6.07, 6.45) is 9.23. The number of amides is 1. The first-order valence-electron chi connectivity index (χ1n) is 7.09. The maximum absolute atomic E-state index is 11.0. The standard InChI is InChI=1S/C16H25NO/c1-2-3-4-5-6-7-10-14-11-8-9-12-15(14)13-16(17)18/h8-9,11-12H,2-7,10,13H2,1H3,(H2,17,18). The predicted molar refractivity (Wildman–Crippen MR) is 76.4 cm³/mol. The van der Waals surface area contributed by atoms with Crippen molar-refractivity contribution in [1.29, 1.82) is 0 Å². The molecule has 0 aromatic heterocycles. The Morgan fingerprint density at radius 1 is 1.00 bits per heavy atom. The van der Waals surface area contributed by atoms with E-state index < -0.39 is 0 Å². The molecule has 2 N–H and O–H groups in total. The molecule has 0 saturated heterocycles. The first kappa shape index (κ1) is 14.7. The van der Waals surface area contributed by atoms with Gasteiger partial charge in [0.15, 0.2) is 0 Å². The molecule has 1 rings (SSSR count). The minimum absolute atomic E-state index is 0.245. The summed E-state index contributed by atoms with van der Waals surface area (Å²) >= 11 is 0. The summed E-state index contributed by atoms with van der Waals surface area (Å²) < 4.78 is 0. The van der Waals surface area contributed by atoms with Crippen LogP contribution in [0.15, 0.2) is 24.3 Å². The van der Waals surface area contributed by atoms with Gasteiger partial charge in [-0.2, -0.15) is 0 Å². The summed E-state index contributed by atoms with van der Waals surface area (Å²) in [7, 11) is 0. The van der Waals surface area contributed by atoms with E-state index in [1.165, 1.54) is 44.1 Å². The van der Waals surface area contributed by atoms with Gasteiger partial charge in [0, 0.05) is 0 Å². The number of benzene rings is 1. The molecule has 0 heterocycles. The van der Waals surface area contributed by atoms with Gasteiger partial charge in [0.2, 0.25) is 5.91 Å². The van der Waals surface area contributed by atoms with Crippen molar-refractivity contribution >= 4 is 5.91 Å². The van der Waals surface area contributed by atoms with Crippen LogP contribution in [0.1, 0.15) is 56.6 Å². The van der Waals surface area contributed by atoms with Crippen molar-refractivity contribution in [1.82, 2.24) is 0 Å². The van der Waals surface area contributed by atoms with E-state index in [0.717, 1.165) is 12.0 Å². The lowest BCUT2D eigenvalue weighted by Gasteiger charge is -2.07. The number of unbranched alkanes of at least 4 members (excludes halogenated alkanes) is 5. The molecule has 100 valence electrons.